The van der Waals surface area contributed by atoms with E-state index >= 15 is 0 Å². The van der Waals surface area contributed by atoms with Crippen molar-refractivity contribution < 1.29 is 0 Å². The van der Waals surface area contributed by atoms with E-state index in [0.717, 1.165) is 39.7 Å². The van der Waals surface area contributed by atoms with Crippen molar-refractivity contribution in [1.82, 2.24) is 0 Å². The van der Waals surface area contributed by atoms with Gasteiger partial charge in [0.2, 0.25) is 0 Å². The molecule has 0 spiro atoms. The topological polar surface area (TPSA) is 6.48 Å². The molecule has 0 aliphatic rings. The van der Waals surface area contributed by atoms with Crippen molar-refractivity contribution in [3.05, 3.63) is 233 Å². The summed E-state index contributed by atoms with van der Waals surface area (Å²) in [6.45, 7) is 12.7. The van der Waals surface area contributed by atoms with Gasteiger partial charge in [-0.3, -0.25) is 0 Å². The predicted octanol–water partition coefficient (Wildman–Crippen LogP) is 17.2. The Morgan fingerprint density at radius 1 is 0.310 bits per heavy atom. The highest BCUT2D eigenvalue weighted by Crippen LogP contribution is 2.45. The lowest BCUT2D eigenvalue weighted by Crippen LogP contribution is -2.13. The molecule has 10 aromatic rings. The Kier molecular flexibility index (Phi) is 11.4. The number of rotatable bonds is 8. The number of benzene rings is 8. The molecule has 58 heavy (non-hydrogen) atoms. The molecule has 8 aromatic carbocycles. The lowest BCUT2D eigenvalue weighted by atomic mass is 10.0. The number of anilines is 6. The molecule has 0 bridgehead atoms. The molecule has 0 aliphatic heterocycles. The number of para-hydroxylation sites is 3. The lowest BCUT2D eigenvalue weighted by molar-refractivity contribution is 1.25. The van der Waals surface area contributed by atoms with Gasteiger partial charge in [-0.2, -0.15) is 0 Å². The molecular weight excluding hydrogens is 741 g/mol. The highest BCUT2D eigenvalue weighted by atomic mass is 32.1. The van der Waals surface area contributed by atoms with Crippen molar-refractivity contribution >= 4 is 97.1 Å². The van der Waals surface area contributed by atoms with Gasteiger partial charge in [-0.15, -0.1) is 35.8 Å². The number of fused-ring (bicyclic) bond motifs is 6. The third-order valence-corrected chi connectivity index (χ3v) is 12.2. The van der Waals surface area contributed by atoms with E-state index in [-0.39, 0.29) is 0 Å². The molecule has 0 aliphatic carbocycles. The Balaban J connectivity index is 0.000000740. The lowest BCUT2D eigenvalue weighted by Gasteiger charge is -2.30. The first-order valence-corrected chi connectivity index (χ1v) is 20.8. The van der Waals surface area contributed by atoms with Crippen LogP contribution in [0.2, 0.25) is 0 Å². The summed E-state index contributed by atoms with van der Waals surface area (Å²) < 4.78 is 5.21. The zero-order chi connectivity index (χ0) is 39.8. The number of allylic oxidation sites excluding steroid dienone is 2. The Morgan fingerprint density at radius 2 is 0.741 bits per heavy atom. The fourth-order valence-electron chi connectivity index (χ4n) is 7.40. The van der Waals surface area contributed by atoms with Gasteiger partial charge in [-0.05, 0) is 102 Å². The highest BCUT2D eigenvalue weighted by molar-refractivity contribution is 7.26. The Hall–Kier alpha value is -6.98. The van der Waals surface area contributed by atoms with E-state index in [0.29, 0.717) is 0 Å². The van der Waals surface area contributed by atoms with Crippen LogP contribution in [0.5, 0.6) is 0 Å². The Morgan fingerprint density at radius 3 is 1.28 bits per heavy atom. The van der Waals surface area contributed by atoms with Crippen molar-refractivity contribution in [3.8, 4) is 11.1 Å². The number of thiophene rings is 2. The van der Waals surface area contributed by atoms with E-state index in [9.17, 15) is 0 Å². The minimum atomic E-state index is 1.09. The van der Waals surface area contributed by atoms with Gasteiger partial charge >= 0.3 is 0 Å². The third-order valence-electron chi connectivity index (χ3n) is 9.96. The second kappa shape index (κ2) is 17.4. The fourth-order valence-corrected chi connectivity index (χ4v) is 9.64. The first kappa shape index (κ1) is 37.9. The Labute approximate surface area is 348 Å². The fraction of sp³-hybridized carbons (Fsp3) is 0. The second-order valence-electron chi connectivity index (χ2n) is 13.5. The van der Waals surface area contributed by atoms with Crippen molar-refractivity contribution in [2.24, 2.45) is 0 Å². The van der Waals surface area contributed by atoms with Crippen LogP contribution in [0.1, 0.15) is 0 Å². The first-order chi connectivity index (χ1) is 28.7. The zero-order valence-electron chi connectivity index (χ0n) is 32.2. The summed E-state index contributed by atoms with van der Waals surface area (Å²) in [5, 5.41) is 5.19. The molecule has 2 aromatic heterocycles. The summed E-state index contributed by atoms with van der Waals surface area (Å²) in [6.07, 6.45) is 3.28. The maximum Gasteiger partial charge on any atom is 0.0488 e. The summed E-state index contributed by atoms with van der Waals surface area (Å²) in [4.78, 5) is 4.77. The van der Waals surface area contributed by atoms with Crippen LogP contribution in [-0.2, 0) is 0 Å². The van der Waals surface area contributed by atoms with Crippen LogP contribution in [-0.4, -0.2) is 0 Å². The number of nitrogens with zero attached hydrogens (tertiary/aromatic N) is 2. The van der Waals surface area contributed by atoms with Gasteiger partial charge in [0.25, 0.3) is 0 Å². The molecule has 10 rings (SSSR count). The molecule has 2 nitrogen and oxygen atoms in total. The number of hydrogen-bond donors (Lipinski definition) is 0. The van der Waals surface area contributed by atoms with Crippen molar-refractivity contribution in [1.29, 1.82) is 0 Å². The van der Waals surface area contributed by atoms with E-state index < -0.39 is 0 Å². The van der Waals surface area contributed by atoms with E-state index in [1.165, 1.54) is 45.9 Å². The molecular formula is C54H42N2S2. The van der Waals surface area contributed by atoms with E-state index in [4.69, 9.17) is 0 Å². The van der Waals surface area contributed by atoms with Gasteiger partial charge in [-0.1, -0.05) is 128 Å². The molecule has 0 amide bonds. The van der Waals surface area contributed by atoms with E-state index in [1.807, 2.05) is 22.7 Å². The molecule has 0 atom stereocenters. The van der Waals surface area contributed by atoms with Crippen LogP contribution in [0.4, 0.5) is 34.1 Å². The van der Waals surface area contributed by atoms with Crippen LogP contribution < -0.4 is 9.80 Å². The van der Waals surface area contributed by atoms with Gasteiger partial charge in [0.05, 0.1) is 0 Å². The van der Waals surface area contributed by atoms with E-state index in [2.05, 4.69) is 230 Å². The van der Waals surface area contributed by atoms with Crippen LogP contribution in [0, 0.1) is 0 Å². The van der Waals surface area contributed by atoms with Crippen LogP contribution in [0.15, 0.2) is 233 Å². The summed E-state index contributed by atoms with van der Waals surface area (Å²) in [7, 11) is 0. The number of hydrogen-bond acceptors (Lipinski definition) is 4. The maximum atomic E-state index is 3.36. The first-order valence-electron chi connectivity index (χ1n) is 19.2. The highest BCUT2D eigenvalue weighted by Gasteiger charge is 2.20. The summed E-state index contributed by atoms with van der Waals surface area (Å²) in [5.74, 6) is 0. The molecule has 0 unspecified atom stereocenters. The Bertz CT molecular complexity index is 2940. The molecule has 4 heteroatoms. The van der Waals surface area contributed by atoms with Crippen molar-refractivity contribution in [2.75, 3.05) is 9.80 Å². The molecule has 0 saturated heterocycles. The molecule has 280 valence electrons. The zero-order valence-corrected chi connectivity index (χ0v) is 33.8. The predicted molar refractivity (Wildman–Crippen MR) is 259 cm³/mol. The van der Waals surface area contributed by atoms with Gasteiger partial charge in [0, 0.05) is 74.5 Å². The maximum absolute atomic E-state index is 3.36. The average molecular weight is 783 g/mol. The van der Waals surface area contributed by atoms with Crippen LogP contribution in [0.25, 0.3) is 51.5 Å². The largest absolute Gasteiger partial charge is 0.310 e. The molecule has 0 N–H and O–H groups in total. The van der Waals surface area contributed by atoms with E-state index in [1.54, 1.807) is 12.2 Å². The van der Waals surface area contributed by atoms with Gasteiger partial charge < -0.3 is 9.80 Å². The second-order valence-corrected chi connectivity index (χ2v) is 15.6. The van der Waals surface area contributed by atoms with Crippen LogP contribution >= 0.6 is 22.7 Å². The standard InChI is InChI=1S/C48H32N2S2.C4H6.C2H4/c1-4-14-35(15-5-1)49(36-16-6-2-7-17-36)39-28-34(33-24-26-43-41-20-10-12-22-45(41)52-48(43)30-33)29-40(31-39)50(37-18-8-3-9-19-37)38-25-27-47-44(32-38)42-21-11-13-23-46(42)51-47;1-3-4-2;1-2/h1-32H;3-4H,1-2H2;1-2H2. The monoisotopic (exact) mass is 782 g/mol. The van der Waals surface area contributed by atoms with Gasteiger partial charge in [0.15, 0.2) is 0 Å². The van der Waals surface area contributed by atoms with Gasteiger partial charge in [0.1, 0.15) is 0 Å². The summed E-state index contributed by atoms with van der Waals surface area (Å²) in [6, 6.07) is 70.5. The van der Waals surface area contributed by atoms with Crippen molar-refractivity contribution in [2.45, 2.75) is 0 Å². The quantitative estimate of drug-likeness (QED) is 0.112. The summed E-state index contributed by atoms with van der Waals surface area (Å²) >= 11 is 3.71. The minimum Gasteiger partial charge on any atom is -0.310 e. The van der Waals surface area contributed by atoms with Crippen molar-refractivity contribution in [3.63, 3.8) is 0 Å². The average Bonchev–Trinajstić information content (AvgIpc) is 3.86. The summed E-state index contributed by atoms with van der Waals surface area (Å²) in [5.41, 5.74) is 8.97. The molecule has 0 saturated carbocycles. The SMILES string of the molecule is C=C.C=CC=C.c1ccc(N(c2ccccc2)c2cc(-c3ccc4c(c3)sc3ccccc34)cc(N(c3ccccc3)c3ccc4sc5ccccc5c4c3)c2)cc1. The minimum absolute atomic E-state index is 1.09. The van der Waals surface area contributed by atoms with Crippen LogP contribution in [0.3, 0.4) is 0 Å². The molecule has 0 radical (unpaired) electrons. The molecule has 0 fully saturated rings. The molecule has 2 heterocycles. The normalized spacial score (nSPS) is 10.7. The smallest absolute Gasteiger partial charge is 0.0488 e. The van der Waals surface area contributed by atoms with Gasteiger partial charge in [-0.25, -0.2) is 0 Å². The third kappa shape index (κ3) is 7.59.